The van der Waals surface area contributed by atoms with Gasteiger partial charge >= 0.3 is 11.9 Å². The number of rotatable bonds is 8. The Morgan fingerprint density at radius 2 is 1.73 bits per heavy atom. The summed E-state index contributed by atoms with van der Waals surface area (Å²) in [6, 6.07) is -1.20. The smallest absolute Gasteiger partial charge is 0.320 e. The van der Waals surface area contributed by atoms with Crippen molar-refractivity contribution in [3.63, 3.8) is 0 Å². The molecule has 6 heteroatoms. The zero-order valence-electron chi connectivity index (χ0n) is 8.56. The first-order chi connectivity index (χ1) is 6.93. The SMILES string of the molecule is NC(CCCCC(=O)O)CC(N)C(=O)O. The van der Waals surface area contributed by atoms with Crippen molar-refractivity contribution in [2.45, 2.75) is 44.2 Å². The largest absolute Gasteiger partial charge is 0.481 e. The first-order valence-electron chi connectivity index (χ1n) is 4.89. The van der Waals surface area contributed by atoms with Crippen molar-refractivity contribution < 1.29 is 19.8 Å². The minimum atomic E-state index is -1.06. The molecule has 15 heavy (non-hydrogen) atoms. The summed E-state index contributed by atoms with van der Waals surface area (Å²) in [5.41, 5.74) is 10.9. The van der Waals surface area contributed by atoms with Gasteiger partial charge in [0.1, 0.15) is 6.04 Å². The lowest BCUT2D eigenvalue weighted by atomic mass is 10.0. The predicted molar refractivity (Wildman–Crippen MR) is 54.3 cm³/mol. The van der Waals surface area contributed by atoms with Crippen molar-refractivity contribution in [3.8, 4) is 0 Å². The summed E-state index contributed by atoms with van der Waals surface area (Å²) >= 11 is 0. The summed E-state index contributed by atoms with van der Waals surface area (Å²) in [6.07, 6.45) is 2.19. The standard InChI is InChI=1S/C9H18N2O4/c10-6(5-7(11)9(14)15)3-1-2-4-8(12)13/h6-7H,1-5,10-11H2,(H,12,13)(H,14,15). The van der Waals surface area contributed by atoms with Crippen molar-refractivity contribution >= 4 is 11.9 Å². The van der Waals surface area contributed by atoms with E-state index in [1.165, 1.54) is 0 Å². The number of carbonyl (C=O) groups is 2. The molecular formula is C9H18N2O4. The Labute approximate surface area is 88.3 Å². The van der Waals surface area contributed by atoms with Gasteiger partial charge in [-0.05, 0) is 19.3 Å². The maximum Gasteiger partial charge on any atom is 0.320 e. The summed E-state index contributed by atoms with van der Waals surface area (Å²) in [6.45, 7) is 0. The van der Waals surface area contributed by atoms with Gasteiger partial charge in [0.15, 0.2) is 0 Å². The van der Waals surface area contributed by atoms with Crippen LogP contribution in [0.4, 0.5) is 0 Å². The highest BCUT2D eigenvalue weighted by molar-refractivity contribution is 5.73. The fourth-order valence-electron chi connectivity index (χ4n) is 1.23. The summed E-state index contributed by atoms with van der Waals surface area (Å²) in [5, 5.41) is 16.9. The average Bonchev–Trinajstić information content (AvgIpc) is 2.12. The minimum Gasteiger partial charge on any atom is -0.481 e. The van der Waals surface area contributed by atoms with E-state index >= 15 is 0 Å². The lowest BCUT2D eigenvalue weighted by Crippen LogP contribution is -2.37. The van der Waals surface area contributed by atoms with Crippen molar-refractivity contribution in [3.05, 3.63) is 0 Å². The van der Waals surface area contributed by atoms with Gasteiger partial charge in [-0.1, -0.05) is 6.42 Å². The highest BCUT2D eigenvalue weighted by Crippen LogP contribution is 2.06. The van der Waals surface area contributed by atoms with Gasteiger partial charge in [0.05, 0.1) is 0 Å². The van der Waals surface area contributed by atoms with Crippen LogP contribution in [-0.4, -0.2) is 34.2 Å². The van der Waals surface area contributed by atoms with Crippen LogP contribution in [0.15, 0.2) is 0 Å². The second-order valence-corrected chi connectivity index (χ2v) is 3.58. The van der Waals surface area contributed by atoms with Crippen LogP contribution in [0.2, 0.25) is 0 Å². The molecule has 6 nitrogen and oxygen atoms in total. The summed E-state index contributed by atoms with van der Waals surface area (Å²) in [4.78, 5) is 20.6. The van der Waals surface area contributed by atoms with Crippen LogP contribution in [-0.2, 0) is 9.59 Å². The predicted octanol–water partition coefficient (Wildman–Crippen LogP) is -0.239. The van der Waals surface area contributed by atoms with Crippen LogP contribution in [0.3, 0.4) is 0 Å². The molecule has 0 aliphatic carbocycles. The molecule has 0 rings (SSSR count). The first kappa shape index (κ1) is 13.9. The van der Waals surface area contributed by atoms with E-state index in [1.807, 2.05) is 0 Å². The fourth-order valence-corrected chi connectivity index (χ4v) is 1.23. The third-order valence-electron chi connectivity index (χ3n) is 2.09. The van der Waals surface area contributed by atoms with E-state index in [-0.39, 0.29) is 18.9 Å². The molecule has 0 aliphatic heterocycles. The molecular weight excluding hydrogens is 200 g/mol. The molecule has 0 aromatic carbocycles. The lowest BCUT2D eigenvalue weighted by Gasteiger charge is -2.13. The third-order valence-corrected chi connectivity index (χ3v) is 2.09. The highest BCUT2D eigenvalue weighted by Gasteiger charge is 2.15. The molecule has 0 bridgehead atoms. The lowest BCUT2D eigenvalue weighted by molar-refractivity contribution is -0.139. The van der Waals surface area contributed by atoms with E-state index in [0.29, 0.717) is 19.3 Å². The molecule has 0 spiro atoms. The number of hydrogen-bond donors (Lipinski definition) is 4. The van der Waals surface area contributed by atoms with Crippen LogP contribution in [0, 0.1) is 0 Å². The van der Waals surface area contributed by atoms with Crippen molar-refractivity contribution in [1.29, 1.82) is 0 Å². The number of aliphatic carboxylic acids is 2. The molecule has 0 aliphatic rings. The Morgan fingerprint density at radius 1 is 1.13 bits per heavy atom. The Balaban J connectivity index is 3.53. The Kier molecular flexibility index (Phi) is 6.64. The number of carboxylic acids is 2. The van der Waals surface area contributed by atoms with Crippen LogP contribution in [0.1, 0.15) is 32.1 Å². The van der Waals surface area contributed by atoms with Crippen LogP contribution in [0.25, 0.3) is 0 Å². The van der Waals surface area contributed by atoms with Gasteiger partial charge in [-0.15, -0.1) is 0 Å². The number of nitrogens with two attached hydrogens (primary N) is 2. The van der Waals surface area contributed by atoms with E-state index in [1.54, 1.807) is 0 Å². The second kappa shape index (κ2) is 7.19. The molecule has 2 unspecified atom stereocenters. The maximum absolute atomic E-state index is 10.4. The topological polar surface area (TPSA) is 127 Å². The van der Waals surface area contributed by atoms with Gasteiger partial charge in [0, 0.05) is 12.5 Å². The molecule has 0 aromatic rings. The zero-order valence-corrected chi connectivity index (χ0v) is 8.56. The molecule has 0 fully saturated rings. The van der Waals surface area contributed by atoms with Gasteiger partial charge in [0.2, 0.25) is 0 Å². The Hall–Kier alpha value is -1.14. The zero-order chi connectivity index (χ0) is 11.8. The summed E-state index contributed by atoms with van der Waals surface area (Å²) < 4.78 is 0. The van der Waals surface area contributed by atoms with Crippen LogP contribution in [0.5, 0.6) is 0 Å². The van der Waals surface area contributed by atoms with Gasteiger partial charge in [0.25, 0.3) is 0 Å². The van der Waals surface area contributed by atoms with E-state index in [9.17, 15) is 9.59 Å². The number of unbranched alkanes of at least 4 members (excludes halogenated alkanes) is 1. The molecule has 0 aromatic heterocycles. The fraction of sp³-hybridized carbons (Fsp3) is 0.778. The molecule has 0 saturated heterocycles. The molecule has 0 radical (unpaired) electrons. The van der Waals surface area contributed by atoms with Crippen LogP contribution >= 0.6 is 0 Å². The van der Waals surface area contributed by atoms with Gasteiger partial charge < -0.3 is 21.7 Å². The van der Waals surface area contributed by atoms with E-state index in [4.69, 9.17) is 21.7 Å². The number of hydrogen-bond acceptors (Lipinski definition) is 4. The average molecular weight is 218 g/mol. The quantitative estimate of drug-likeness (QED) is 0.416. The van der Waals surface area contributed by atoms with Gasteiger partial charge in [-0.2, -0.15) is 0 Å². The molecule has 0 amide bonds. The van der Waals surface area contributed by atoms with E-state index < -0.39 is 18.0 Å². The summed E-state index contributed by atoms with van der Waals surface area (Å²) in [7, 11) is 0. The van der Waals surface area contributed by atoms with Crippen molar-refractivity contribution in [2.75, 3.05) is 0 Å². The van der Waals surface area contributed by atoms with Gasteiger partial charge in [-0.3, -0.25) is 9.59 Å². The molecule has 2 atom stereocenters. The van der Waals surface area contributed by atoms with Crippen LogP contribution < -0.4 is 11.5 Å². The molecule has 0 heterocycles. The Bertz CT molecular complexity index is 220. The van der Waals surface area contributed by atoms with Gasteiger partial charge in [-0.25, -0.2) is 0 Å². The molecule has 0 saturated carbocycles. The van der Waals surface area contributed by atoms with Crippen molar-refractivity contribution in [1.82, 2.24) is 0 Å². The van der Waals surface area contributed by atoms with E-state index in [2.05, 4.69) is 0 Å². The monoisotopic (exact) mass is 218 g/mol. The third kappa shape index (κ3) is 7.90. The maximum atomic E-state index is 10.4. The van der Waals surface area contributed by atoms with Crippen molar-refractivity contribution in [2.24, 2.45) is 11.5 Å². The second-order valence-electron chi connectivity index (χ2n) is 3.58. The Morgan fingerprint density at radius 3 is 2.20 bits per heavy atom. The molecule has 6 N–H and O–H groups in total. The minimum absolute atomic E-state index is 0.123. The first-order valence-corrected chi connectivity index (χ1v) is 4.89. The molecule has 88 valence electrons. The number of carboxylic acid groups (broad SMARTS) is 2. The normalized spacial score (nSPS) is 14.5. The summed E-state index contributed by atoms with van der Waals surface area (Å²) in [5.74, 6) is -1.89. The van der Waals surface area contributed by atoms with E-state index in [0.717, 1.165) is 0 Å². The highest BCUT2D eigenvalue weighted by atomic mass is 16.4.